The molecule has 0 heterocycles. The van der Waals surface area contributed by atoms with E-state index in [1.54, 1.807) is 6.07 Å². The first kappa shape index (κ1) is 26.1. The van der Waals surface area contributed by atoms with Gasteiger partial charge < -0.3 is 15.8 Å². The summed E-state index contributed by atoms with van der Waals surface area (Å²) in [7, 11) is 0. The summed E-state index contributed by atoms with van der Waals surface area (Å²) in [4.78, 5) is 17.5. The van der Waals surface area contributed by atoms with Gasteiger partial charge in [-0.3, -0.25) is 9.79 Å². The number of rotatable bonds is 9. The molecule has 5 nitrogen and oxygen atoms in total. The number of nitrogens with two attached hydrogens (primary N) is 1. The third kappa shape index (κ3) is 7.23. The maximum atomic E-state index is 14.3. The lowest BCUT2D eigenvalue weighted by atomic mass is 10.0. The maximum absolute atomic E-state index is 14.3. The van der Waals surface area contributed by atoms with Crippen molar-refractivity contribution in [2.24, 2.45) is 10.7 Å². The summed E-state index contributed by atoms with van der Waals surface area (Å²) in [6, 6.07) is 12.0. The quantitative estimate of drug-likeness (QED) is 0.494. The zero-order valence-electron chi connectivity index (χ0n) is 20.8. The highest BCUT2D eigenvalue weighted by Crippen LogP contribution is 2.22. The second-order valence-electron chi connectivity index (χ2n) is 8.83. The number of ether oxygens (including phenoxy) is 1. The van der Waals surface area contributed by atoms with Crippen LogP contribution < -0.4 is 15.8 Å². The normalized spacial score (nSPS) is 15.8. The van der Waals surface area contributed by atoms with E-state index in [1.165, 1.54) is 17.7 Å². The van der Waals surface area contributed by atoms with Gasteiger partial charge >= 0.3 is 0 Å². The molecular weight excluding hydrogens is 441 g/mol. The number of nitrogens with one attached hydrogen (secondary N) is 1. The highest BCUT2D eigenvalue weighted by molar-refractivity contribution is 6.04. The smallest absolute Gasteiger partial charge is 0.251 e. The van der Waals surface area contributed by atoms with Gasteiger partial charge in [0.05, 0.1) is 11.8 Å². The van der Waals surface area contributed by atoms with Crippen molar-refractivity contribution in [1.82, 2.24) is 5.32 Å². The Morgan fingerprint density at radius 2 is 1.91 bits per heavy atom. The van der Waals surface area contributed by atoms with Crippen LogP contribution in [0.2, 0.25) is 0 Å². The van der Waals surface area contributed by atoms with Crippen LogP contribution in [0.4, 0.5) is 4.39 Å². The van der Waals surface area contributed by atoms with Gasteiger partial charge in [-0.15, -0.1) is 0 Å². The molecule has 0 saturated heterocycles. The predicted octanol–water partition coefficient (Wildman–Crippen LogP) is 5.62. The van der Waals surface area contributed by atoms with Crippen LogP contribution in [0, 0.1) is 5.82 Å². The molecule has 1 amide bonds. The van der Waals surface area contributed by atoms with Crippen LogP contribution >= 0.6 is 0 Å². The van der Waals surface area contributed by atoms with E-state index in [0.717, 1.165) is 29.0 Å². The summed E-state index contributed by atoms with van der Waals surface area (Å²) in [5.74, 6) is -0.808. The van der Waals surface area contributed by atoms with Crippen LogP contribution in [0.25, 0.3) is 5.70 Å². The number of hydrogen-bond acceptors (Lipinski definition) is 4. The van der Waals surface area contributed by atoms with Gasteiger partial charge in [0.2, 0.25) is 0 Å². The molecule has 0 aromatic heterocycles. The van der Waals surface area contributed by atoms with E-state index < -0.39 is 5.82 Å². The molecule has 1 aliphatic rings. The van der Waals surface area contributed by atoms with E-state index in [1.807, 2.05) is 51.1 Å². The minimum atomic E-state index is -0.565. The summed E-state index contributed by atoms with van der Waals surface area (Å²) in [6.07, 6.45) is 9.47. The molecule has 184 valence electrons. The van der Waals surface area contributed by atoms with E-state index in [4.69, 9.17) is 15.5 Å². The Labute approximate surface area is 207 Å². The minimum Gasteiger partial charge on any atom is -0.488 e. The van der Waals surface area contributed by atoms with Crippen molar-refractivity contribution in [2.75, 3.05) is 6.54 Å². The number of halogens is 1. The molecule has 35 heavy (non-hydrogen) atoms. The number of amides is 1. The number of allylic oxidation sites excluding steroid dienone is 5. The van der Waals surface area contributed by atoms with Gasteiger partial charge in [0.1, 0.15) is 0 Å². The number of carbonyl (C=O) groups is 1. The molecule has 2 aromatic carbocycles. The highest BCUT2D eigenvalue weighted by atomic mass is 19.1. The van der Waals surface area contributed by atoms with Gasteiger partial charge in [-0.1, -0.05) is 48.6 Å². The molecule has 0 saturated carbocycles. The molecule has 1 aliphatic carbocycles. The first-order valence-corrected chi connectivity index (χ1v) is 11.9. The summed E-state index contributed by atoms with van der Waals surface area (Å²) in [5.41, 5.74) is 11.4. The van der Waals surface area contributed by atoms with Crippen molar-refractivity contribution in [2.45, 2.75) is 52.7 Å². The topological polar surface area (TPSA) is 76.7 Å². The molecule has 0 spiro atoms. The van der Waals surface area contributed by atoms with Crippen molar-refractivity contribution in [3.63, 3.8) is 0 Å². The number of nitrogens with zero attached hydrogens (tertiary/aromatic N) is 1. The summed E-state index contributed by atoms with van der Waals surface area (Å²) in [5, 5.41) is 2.91. The minimum absolute atomic E-state index is 0.129. The number of aliphatic imine (C=N–C) groups is 1. The first-order chi connectivity index (χ1) is 16.8. The highest BCUT2D eigenvalue weighted by Gasteiger charge is 2.16. The van der Waals surface area contributed by atoms with Crippen LogP contribution in [0.5, 0.6) is 5.75 Å². The van der Waals surface area contributed by atoms with Crippen LogP contribution in [0.1, 0.15) is 55.6 Å². The molecule has 0 aliphatic heterocycles. The van der Waals surface area contributed by atoms with E-state index in [2.05, 4.69) is 30.5 Å². The lowest BCUT2D eigenvalue weighted by Crippen LogP contribution is -2.41. The molecule has 1 atom stereocenters. The Hall–Kier alpha value is -3.51. The van der Waals surface area contributed by atoms with E-state index in [-0.39, 0.29) is 35.9 Å². The monoisotopic (exact) mass is 475 g/mol. The van der Waals surface area contributed by atoms with Gasteiger partial charge in [0.25, 0.3) is 5.91 Å². The van der Waals surface area contributed by atoms with Gasteiger partial charge in [-0.25, -0.2) is 4.39 Å². The second-order valence-corrected chi connectivity index (χ2v) is 8.83. The Morgan fingerprint density at radius 1 is 1.20 bits per heavy atom. The van der Waals surface area contributed by atoms with Gasteiger partial charge in [0, 0.05) is 30.3 Å². The Kier molecular flexibility index (Phi) is 9.15. The van der Waals surface area contributed by atoms with Crippen LogP contribution in [0.15, 0.2) is 77.3 Å². The van der Waals surface area contributed by atoms with Gasteiger partial charge in [-0.2, -0.15) is 0 Å². The largest absolute Gasteiger partial charge is 0.488 e. The molecule has 0 unspecified atom stereocenters. The molecule has 2 aromatic rings. The molecule has 3 rings (SSSR count). The zero-order valence-corrected chi connectivity index (χ0v) is 20.8. The summed E-state index contributed by atoms with van der Waals surface area (Å²) in [6.45, 7) is 7.95. The fraction of sp³-hybridized carbons (Fsp3) is 0.310. The Bertz CT molecular complexity index is 1160. The molecule has 0 fully saturated rings. The summed E-state index contributed by atoms with van der Waals surface area (Å²) >= 11 is 0. The second kappa shape index (κ2) is 12.3. The zero-order chi connectivity index (χ0) is 25.4. The van der Waals surface area contributed by atoms with E-state index in [0.29, 0.717) is 6.42 Å². The van der Waals surface area contributed by atoms with Crippen molar-refractivity contribution in [3.8, 4) is 5.75 Å². The molecule has 0 radical (unpaired) electrons. The lowest BCUT2D eigenvalue weighted by Gasteiger charge is -2.18. The number of benzene rings is 2. The fourth-order valence-corrected chi connectivity index (χ4v) is 3.77. The average molecular weight is 476 g/mol. The Balaban J connectivity index is 1.65. The molecule has 6 heteroatoms. The predicted molar refractivity (Wildman–Crippen MR) is 141 cm³/mol. The van der Waals surface area contributed by atoms with E-state index >= 15 is 0 Å². The van der Waals surface area contributed by atoms with Crippen molar-refractivity contribution in [1.29, 1.82) is 0 Å². The number of hydrogen-bond donors (Lipinski definition) is 2. The molecule has 3 N–H and O–H groups in total. The molecule has 0 bridgehead atoms. The lowest BCUT2D eigenvalue weighted by molar-refractivity contribution is 0.0937. The third-order valence-electron chi connectivity index (χ3n) is 5.69. The van der Waals surface area contributed by atoms with Crippen LogP contribution in [-0.2, 0) is 6.42 Å². The van der Waals surface area contributed by atoms with Crippen LogP contribution in [-0.4, -0.2) is 30.3 Å². The van der Waals surface area contributed by atoms with Crippen molar-refractivity contribution >= 4 is 17.3 Å². The van der Waals surface area contributed by atoms with Crippen molar-refractivity contribution < 1.29 is 13.9 Å². The third-order valence-corrected chi connectivity index (χ3v) is 5.69. The SMILES string of the molecule is C/C=C(\N=C1CC=CC=C1C)c1ccc(C[C@@H](CN)NC(=O)c2ccc(OC(C)C)c(F)c2)cc1. The van der Waals surface area contributed by atoms with Gasteiger partial charge in [-0.05, 0) is 69.0 Å². The van der Waals surface area contributed by atoms with Gasteiger partial charge in [0.15, 0.2) is 11.6 Å². The average Bonchev–Trinajstić information content (AvgIpc) is 2.84. The summed E-state index contributed by atoms with van der Waals surface area (Å²) < 4.78 is 19.7. The standard InChI is InChI=1S/C29H34FN3O2/c1-5-26(33-27-9-7-6-8-20(27)4)22-12-10-21(11-13-22)16-24(18-31)32-29(34)23-14-15-28(25(30)17-23)35-19(2)3/h5-8,10-15,17,19,24H,9,16,18,31H2,1-4H3,(H,32,34)/b26-5-,33-27?/t24-/m0/s1. The Morgan fingerprint density at radius 3 is 2.51 bits per heavy atom. The van der Waals surface area contributed by atoms with Crippen LogP contribution in [0.3, 0.4) is 0 Å². The van der Waals surface area contributed by atoms with Crippen molar-refractivity contribution in [3.05, 3.63) is 94.8 Å². The molecular formula is C29H34FN3O2. The van der Waals surface area contributed by atoms with E-state index in [9.17, 15) is 9.18 Å². The first-order valence-electron chi connectivity index (χ1n) is 11.9. The number of carbonyl (C=O) groups excluding carboxylic acids is 1. The fourth-order valence-electron chi connectivity index (χ4n) is 3.77. The maximum Gasteiger partial charge on any atom is 0.251 e.